The van der Waals surface area contributed by atoms with Crippen molar-refractivity contribution >= 4 is 5.96 Å². The zero-order valence-corrected chi connectivity index (χ0v) is 15.3. The molecule has 2 N–H and O–H groups in total. The maximum Gasteiger partial charge on any atom is 0.191 e. The van der Waals surface area contributed by atoms with Crippen molar-refractivity contribution in [2.24, 2.45) is 10.9 Å². The van der Waals surface area contributed by atoms with Crippen LogP contribution in [0.25, 0.3) is 0 Å². The summed E-state index contributed by atoms with van der Waals surface area (Å²) in [6.45, 7) is 12.7. The lowest BCUT2D eigenvalue weighted by molar-refractivity contribution is 0.0698. The smallest absolute Gasteiger partial charge is 0.191 e. The van der Waals surface area contributed by atoms with Crippen LogP contribution in [0, 0.1) is 5.92 Å². The van der Waals surface area contributed by atoms with Crippen molar-refractivity contribution in [1.82, 2.24) is 15.5 Å². The van der Waals surface area contributed by atoms with Crippen LogP contribution in [0.15, 0.2) is 4.99 Å². The summed E-state index contributed by atoms with van der Waals surface area (Å²) in [5.41, 5.74) is 0. The molecule has 0 bridgehead atoms. The van der Waals surface area contributed by atoms with Gasteiger partial charge in [-0.15, -0.1) is 0 Å². The Balaban J connectivity index is 2.21. The maximum absolute atomic E-state index is 5.46. The Morgan fingerprint density at radius 3 is 2.83 bits per heavy atom. The van der Waals surface area contributed by atoms with Crippen LogP contribution in [0.3, 0.4) is 0 Å². The Bertz CT molecular complexity index is 313. The minimum Gasteiger partial charge on any atom is -0.382 e. The number of likely N-dealkylation sites (tertiary alicyclic amines) is 1. The zero-order chi connectivity index (χ0) is 16.8. The van der Waals surface area contributed by atoms with Gasteiger partial charge in [0.1, 0.15) is 0 Å². The van der Waals surface area contributed by atoms with Crippen molar-refractivity contribution in [3.8, 4) is 0 Å². The Morgan fingerprint density at radius 2 is 2.09 bits per heavy atom. The van der Waals surface area contributed by atoms with E-state index in [0.717, 1.165) is 45.2 Å². The van der Waals surface area contributed by atoms with Gasteiger partial charge in [0.15, 0.2) is 5.96 Å². The van der Waals surface area contributed by atoms with Crippen molar-refractivity contribution in [2.45, 2.75) is 33.1 Å². The number of nitrogens with one attached hydrogen (secondary N) is 2. The first-order chi connectivity index (χ1) is 11.3. The van der Waals surface area contributed by atoms with Crippen molar-refractivity contribution in [2.75, 3.05) is 66.2 Å². The molecule has 0 aromatic heterocycles. The molecule has 1 aliphatic rings. The van der Waals surface area contributed by atoms with Gasteiger partial charge in [0.25, 0.3) is 0 Å². The van der Waals surface area contributed by atoms with Gasteiger partial charge in [-0.05, 0) is 45.2 Å². The number of hydrogen-bond acceptors (Lipinski definition) is 4. The fraction of sp³-hybridized carbons (Fsp3) is 0.941. The third-order valence-electron chi connectivity index (χ3n) is 4.09. The normalized spacial score (nSPS) is 19.8. The topological polar surface area (TPSA) is 58.1 Å². The van der Waals surface area contributed by atoms with Crippen LogP contribution in [-0.4, -0.2) is 77.1 Å². The molecular weight excluding hydrogens is 292 g/mol. The van der Waals surface area contributed by atoms with Gasteiger partial charge in [-0.1, -0.05) is 6.92 Å². The van der Waals surface area contributed by atoms with E-state index in [-0.39, 0.29) is 0 Å². The molecule has 1 unspecified atom stereocenters. The molecule has 0 aromatic carbocycles. The molecule has 1 fully saturated rings. The first-order valence-corrected chi connectivity index (χ1v) is 9.11. The second-order valence-corrected chi connectivity index (χ2v) is 6.01. The largest absolute Gasteiger partial charge is 0.382 e. The van der Waals surface area contributed by atoms with Crippen LogP contribution >= 0.6 is 0 Å². The number of methoxy groups -OCH3 is 1. The van der Waals surface area contributed by atoms with Gasteiger partial charge in [0.2, 0.25) is 0 Å². The lowest BCUT2D eigenvalue weighted by atomic mass is 9.98. The first-order valence-electron chi connectivity index (χ1n) is 9.11. The summed E-state index contributed by atoms with van der Waals surface area (Å²) >= 11 is 0. The van der Waals surface area contributed by atoms with Gasteiger partial charge >= 0.3 is 0 Å². The highest BCUT2D eigenvalue weighted by molar-refractivity contribution is 5.79. The van der Waals surface area contributed by atoms with E-state index in [1.807, 2.05) is 0 Å². The summed E-state index contributed by atoms with van der Waals surface area (Å²) < 4.78 is 10.4. The summed E-state index contributed by atoms with van der Waals surface area (Å²) in [6.07, 6.45) is 3.57. The molecule has 0 aliphatic carbocycles. The van der Waals surface area contributed by atoms with E-state index >= 15 is 0 Å². The number of guanidine groups is 1. The highest BCUT2D eigenvalue weighted by Gasteiger charge is 2.18. The second kappa shape index (κ2) is 13.6. The Kier molecular flexibility index (Phi) is 11.9. The molecule has 0 radical (unpaired) electrons. The van der Waals surface area contributed by atoms with Crippen molar-refractivity contribution < 1.29 is 9.47 Å². The molecule has 6 heteroatoms. The molecule has 1 rings (SSSR count). The molecule has 0 spiro atoms. The highest BCUT2D eigenvalue weighted by Crippen LogP contribution is 2.16. The minimum absolute atomic E-state index is 0.660. The number of ether oxygens (including phenoxy) is 2. The van der Waals surface area contributed by atoms with Crippen LogP contribution in [-0.2, 0) is 9.47 Å². The predicted molar refractivity (Wildman–Crippen MR) is 96.1 cm³/mol. The highest BCUT2D eigenvalue weighted by atomic mass is 16.5. The third-order valence-corrected chi connectivity index (χ3v) is 4.09. The lowest BCUT2D eigenvalue weighted by Gasteiger charge is -2.31. The molecule has 1 atom stereocenters. The molecule has 1 aliphatic heterocycles. The van der Waals surface area contributed by atoms with Gasteiger partial charge < -0.3 is 25.0 Å². The quantitative estimate of drug-likeness (QED) is 0.340. The van der Waals surface area contributed by atoms with E-state index in [2.05, 4.69) is 29.4 Å². The summed E-state index contributed by atoms with van der Waals surface area (Å²) in [7, 11) is 1.69. The second-order valence-electron chi connectivity index (χ2n) is 6.01. The third kappa shape index (κ3) is 9.79. The van der Waals surface area contributed by atoms with Crippen LogP contribution in [0.1, 0.15) is 33.1 Å². The number of piperidine rings is 1. The molecule has 0 aromatic rings. The summed E-state index contributed by atoms with van der Waals surface area (Å²) in [5.74, 6) is 1.62. The average Bonchev–Trinajstić information content (AvgIpc) is 2.59. The fourth-order valence-corrected chi connectivity index (χ4v) is 2.78. The molecule has 136 valence electrons. The van der Waals surface area contributed by atoms with Crippen LogP contribution in [0.2, 0.25) is 0 Å². The van der Waals surface area contributed by atoms with E-state index in [0.29, 0.717) is 19.1 Å². The number of hydrogen-bond donors (Lipinski definition) is 2. The van der Waals surface area contributed by atoms with Gasteiger partial charge in [0.05, 0.1) is 13.2 Å². The lowest BCUT2D eigenvalue weighted by Crippen LogP contribution is -2.40. The van der Waals surface area contributed by atoms with Gasteiger partial charge in [-0.25, -0.2) is 0 Å². The number of aliphatic imine (C=N–C) groups is 1. The average molecular weight is 329 g/mol. The van der Waals surface area contributed by atoms with E-state index in [1.54, 1.807) is 7.11 Å². The molecule has 23 heavy (non-hydrogen) atoms. The van der Waals surface area contributed by atoms with E-state index in [9.17, 15) is 0 Å². The Morgan fingerprint density at radius 1 is 1.22 bits per heavy atom. The molecular formula is C17H36N4O2. The standard InChI is InChI=1S/C17H36N4O2/c1-4-18-17(19-9-7-11-23-13-12-22-3)20-14-16-8-6-10-21(5-2)15-16/h16H,4-15H2,1-3H3,(H2,18,19,20). The van der Waals surface area contributed by atoms with Crippen molar-refractivity contribution in [1.29, 1.82) is 0 Å². The van der Waals surface area contributed by atoms with Gasteiger partial charge in [-0.3, -0.25) is 4.99 Å². The summed E-state index contributed by atoms with van der Waals surface area (Å²) in [5, 5.41) is 6.71. The van der Waals surface area contributed by atoms with E-state index in [1.165, 1.54) is 25.9 Å². The molecule has 0 saturated carbocycles. The Hall–Kier alpha value is -0.850. The molecule has 6 nitrogen and oxygen atoms in total. The number of nitrogens with zero attached hydrogens (tertiary/aromatic N) is 2. The summed E-state index contributed by atoms with van der Waals surface area (Å²) in [4.78, 5) is 7.29. The summed E-state index contributed by atoms with van der Waals surface area (Å²) in [6, 6.07) is 0. The minimum atomic E-state index is 0.660. The molecule has 1 heterocycles. The van der Waals surface area contributed by atoms with E-state index < -0.39 is 0 Å². The van der Waals surface area contributed by atoms with Crippen LogP contribution in [0.4, 0.5) is 0 Å². The zero-order valence-electron chi connectivity index (χ0n) is 15.3. The maximum atomic E-state index is 5.46. The molecule has 1 saturated heterocycles. The van der Waals surface area contributed by atoms with Crippen LogP contribution in [0.5, 0.6) is 0 Å². The SMILES string of the molecule is CCNC(=NCC1CCCN(CC)C1)NCCCOCCOC. The van der Waals surface area contributed by atoms with Crippen molar-refractivity contribution in [3.63, 3.8) is 0 Å². The van der Waals surface area contributed by atoms with E-state index in [4.69, 9.17) is 14.5 Å². The molecule has 0 amide bonds. The Labute approximate surface area is 142 Å². The predicted octanol–water partition coefficient (Wildman–Crippen LogP) is 1.33. The van der Waals surface area contributed by atoms with Gasteiger partial charge in [-0.2, -0.15) is 0 Å². The van der Waals surface area contributed by atoms with Gasteiger partial charge in [0, 0.05) is 39.9 Å². The number of rotatable bonds is 11. The first kappa shape index (κ1) is 20.2. The fourth-order valence-electron chi connectivity index (χ4n) is 2.78. The van der Waals surface area contributed by atoms with Crippen molar-refractivity contribution in [3.05, 3.63) is 0 Å². The monoisotopic (exact) mass is 328 g/mol. The van der Waals surface area contributed by atoms with Crippen LogP contribution < -0.4 is 10.6 Å².